The number of anilines is 1. The Morgan fingerprint density at radius 2 is 1.71 bits per heavy atom. The molecule has 0 fully saturated rings. The minimum absolute atomic E-state index is 0.628. The van der Waals surface area contributed by atoms with Crippen molar-refractivity contribution in [3.8, 4) is 5.75 Å². The van der Waals surface area contributed by atoms with Crippen LogP contribution in [0.3, 0.4) is 0 Å². The molecule has 0 aliphatic carbocycles. The van der Waals surface area contributed by atoms with Crippen LogP contribution >= 0.6 is 0 Å². The average Bonchev–Trinajstić information content (AvgIpc) is 2.22. The summed E-state index contributed by atoms with van der Waals surface area (Å²) in [5.74, 6) is 0.943. The highest BCUT2D eigenvalue weighted by Crippen LogP contribution is 2.13. The second-order valence-electron chi connectivity index (χ2n) is 3.56. The molecule has 1 aromatic carbocycles. The van der Waals surface area contributed by atoms with Crippen LogP contribution in [0.25, 0.3) is 0 Å². The minimum Gasteiger partial charge on any atom is -0.498 e. The molecule has 0 saturated carbocycles. The standard InChI is InChI=1S/C11H19NOSi/c1-3-14(4-2)9-13-11-7-5-10(12)6-8-11/h5-8,14H,3-4,9,12H2,1-2H3. The van der Waals surface area contributed by atoms with Gasteiger partial charge in [0.1, 0.15) is 5.75 Å². The van der Waals surface area contributed by atoms with Gasteiger partial charge in [0.05, 0.1) is 15.0 Å². The predicted molar refractivity (Wildman–Crippen MR) is 64.5 cm³/mol. The van der Waals surface area contributed by atoms with Crippen molar-refractivity contribution in [3.63, 3.8) is 0 Å². The van der Waals surface area contributed by atoms with Crippen molar-refractivity contribution in [3.05, 3.63) is 24.3 Å². The van der Waals surface area contributed by atoms with Crippen molar-refractivity contribution in [1.82, 2.24) is 0 Å². The van der Waals surface area contributed by atoms with Gasteiger partial charge in [-0.05, 0) is 24.3 Å². The Kier molecular flexibility index (Phi) is 4.53. The zero-order valence-electron chi connectivity index (χ0n) is 8.99. The van der Waals surface area contributed by atoms with E-state index in [1.807, 2.05) is 24.3 Å². The molecule has 78 valence electrons. The number of hydrogen-bond acceptors (Lipinski definition) is 2. The molecular formula is C11H19NOSi. The van der Waals surface area contributed by atoms with E-state index in [4.69, 9.17) is 10.5 Å². The number of nitrogens with two attached hydrogens (primary N) is 1. The molecule has 0 saturated heterocycles. The molecule has 0 aromatic heterocycles. The van der Waals surface area contributed by atoms with E-state index in [1.54, 1.807) is 0 Å². The summed E-state index contributed by atoms with van der Waals surface area (Å²) in [6.45, 7) is 4.51. The van der Waals surface area contributed by atoms with Crippen molar-refractivity contribution in [2.75, 3.05) is 12.0 Å². The minimum atomic E-state index is -0.628. The van der Waals surface area contributed by atoms with E-state index < -0.39 is 8.80 Å². The molecule has 0 spiro atoms. The van der Waals surface area contributed by atoms with Crippen molar-refractivity contribution >= 4 is 14.5 Å². The molecule has 14 heavy (non-hydrogen) atoms. The highest BCUT2D eigenvalue weighted by Gasteiger charge is 2.05. The number of rotatable bonds is 5. The lowest BCUT2D eigenvalue weighted by atomic mass is 10.3. The lowest BCUT2D eigenvalue weighted by Crippen LogP contribution is -2.20. The van der Waals surface area contributed by atoms with Crippen LogP contribution in [-0.2, 0) is 0 Å². The molecule has 0 heterocycles. The van der Waals surface area contributed by atoms with Crippen molar-refractivity contribution in [1.29, 1.82) is 0 Å². The first-order chi connectivity index (χ1) is 6.76. The molecule has 0 aliphatic rings. The summed E-state index contributed by atoms with van der Waals surface area (Å²) >= 11 is 0. The van der Waals surface area contributed by atoms with E-state index in [2.05, 4.69) is 13.8 Å². The lowest BCUT2D eigenvalue weighted by Gasteiger charge is -2.12. The monoisotopic (exact) mass is 209 g/mol. The van der Waals surface area contributed by atoms with Crippen LogP contribution in [-0.4, -0.2) is 15.0 Å². The van der Waals surface area contributed by atoms with Crippen LogP contribution in [0.1, 0.15) is 13.8 Å². The molecule has 1 rings (SSSR count). The fourth-order valence-corrected chi connectivity index (χ4v) is 2.78. The summed E-state index contributed by atoms with van der Waals surface area (Å²) in [5.41, 5.74) is 6.38. The van der Waals surface area contributed by atoms with Gasteiger partial charge in [-0.1, -0.05) is 25.9 Å². The van der Waals surface area contributed by atoms with Crippen LogP contribution < -0.4 is 10.5 Å². The highest BCUT2D eigenvalue weighted by atomic mass is 28.3. The summed E-state index contributed by atoms with van der Waals surface area (Å²) in [4.78, 5) is 0. The van der Waals surface area contributed by atoms with Crippen molar-refractivity contribution in [2.45, 2.75) is 25.9 Å². The van der Waals surface area contributed by atoms with Crippen molar-refractivity contribution in [2.24, 2.45) is 0 Å². The van der Waals surface area contributed by atoms with Gasteiger partial charge >= 0.3 is 0 Å². The molecule has 2 nitrogen and oxygen atoms in total. The quantitative estimate of drug-likeness (QED) is 0.597. The third-order valence-electron chi connectivity index (χ3n) is 2.52. The molecule has 0 aliphatic heterocycles. The largest absolute Gasteiger partial charge is 0.498 e. The SMILES string of the molecule is CC[SiH](CC)COc1ccc(N)cc1. The van der Waals surface area contributed by atoms with Gasteiger partial charge in [-0.2, -0.15) is 0 Å². The van der Waals surface area contributed by atoms with Gasteiger partial charge < -0.3 is 10.5 Å². The van der Waals surface area contributed by atoms with Gasteiger partial charge in [0, 0.05) is 5.69 Å². The highest BCUT2D eigenvalue weighted by molar-refractivity contribution is 6.58. The van der Waals surface area contributed by atoms with Crippen LogP contribution in [0.4, 0.5) is 5.69 Å². The Bertz CT molecular complexity index is 256. The van der Waals surface area contributed by atoms with E-state index >= 15 is 0 Å². The maximum Gasteiger partial charge on any atom is 0.118 e. The van der Waals surface area contributed by atoms with Crippen LogP contribution in [0.2, 0.25) is 12.1 Å². The van der Waals surface area contributed by atoms with Crippen LogP contribution in [0.15, 0.2) is 24.3 Å². The van der Waals surface area contributed by atoms with Gasteiger partial charge in [-0.25, -0.2) is 0 Å². The lowest BCUT2D eigenvalue weighted by molar-refractivity contribution is 0.380. The fraction of sp³-hybridized carbons (Fsp3) is 0.455. The van der Waals surface area contributed by atoms with Gasteiger partial charge in [-0.3, -0.25) is 0 Å². The fourth-order valence-electron chi connectivity index (χ4n) is 1.30. The number of nitrogen functional groups attached to an aromatic ring is 1. The number of benzene rings is 1. The van der Waals surface area contributed by atoms with E-state index in [1.165, 1.54) is 12.1 Å². The Labute approximate surface area is 87.7 Å². The first-order valence-corrected chi connectivity index (χ1v) is 7.69. The molecule has 0 unspecified atom stereocenters. The first kappa shape index (κ1) is 11.1. The Hall–Kier alpha value is -0.963. The maximum absolute atomic E-state index is 5.71. The maximum atomic E-state index is 5.71. The molecule has 3 heteroatoms. The summed E-state index contributed by atoms with van der Waals surface area (Å²) in [6, 6.07) is 10.3. The van der Waals surface area contributed by atoms with Crippen LogP contribution in [0, 0.1) is 0 Å². The molecule has 2 N–H and O–H groups in total. The average molecular weight is 209 g/mol. The number of ether oxygens (including phenoxy) is 1. The Morgan fingerprint density at radius 3 is 2.21 bits per heavy atom. The van der Waals surface area contributed by atoms with Gasteiger partial charge in [0.15, 0.2) is 0 Å². The van der Waals surface area contributed by atoms with Crippen molar-refractivity contribution < 1.29 is 4.74 Å². The van der Waals surface area contributed by atoms with Crippen LogP contribution in [0.5, 0.6) is 5.75 Å². The Morgan fingerprint density at radius 1 is 1.14 bits per heavy atom. The second kappa shape index (κ2) is 5.70. The zero-order valence-corrected chi connectivity index (χ0v) is 10.1. The summed E-state index contributed by atoms with van der Waals surface area (Å²) < 4.78 is 5.71. The zero-order chi connectivity index (χ0) is 10.4. The first-order valence-electron chi connectivity index (χ1n) is 5.24. The van der Waals surface area contributed by atoms with Gasteiger partial charge in [0.25, 0.3) is 0 Å². The molecule has 1 aromatic rings. The van der Waals surface area contributed by atoms with E-state index in [0.717, 1.165) is 17.7 Å². The molecule has 0 atom stereocenters. The summed E-state index contributed by atoms with van der Waals surface area (Å²) in [7, 11) is -0.628. The summed E-state index contributed by atoms with van der Waals surface area (Å²) in [6.07, 6.45) is 0.941. The molecule has 0 radical (unpaired) electrons. The Balaban J connectivity index is 2.41. The molecule has 0 amide bonds. The van der Waals surface area contributed by atoms with Gasteiger partial charge in [0.2, 0.25) is 0 Å². The topological polar surface area (TPSA) is 35.2 Å². The molecule has 0 bridgehead atoms. The van der Waals surface area contributed by atoms with E-state index in [0.29, 0.717) is 0 Å². The predicted octanol–water partition coefficient (Wildman–Crippen LogP) is 2.45. The van der Waals surface area contributed by atoms with Gasteiger partial charge in [-0.15, -0.1) is 0 Å². The third-order valence-corrected chi connectivity index (χ3v) is 5.47. The van der Waals surface area contributed by atoms with E-state index in [-0.39, 0.29) is 0 Å². The number of hydrogen-bond donors (Lipinski definition) is 1. The third kappa shape index (κ3) is 3.42. The molecular weight excluding hydrogens is 190 g/mol. The second-order valence-corrected chi connectivity index (χ2v) is 7.26. The van der Waals surface area contributed by atoms with E-state index in [9.17, 15) is 0 Å². The normalized spacial score (nSPS) is 10.5. The summed E-state index contributed by atoms with van der Waals surface area (Å²) in [5, 5.41) is 0. The smallest absolute Gasteiger partial charge is 0.118 e.